The Hall–Kier alpha value is -1.13. The van der Waals surface area contributed by atoms with Crippen LogP contribution in [0, 0.1) is 0 Å². The lowest BCUT2D eigenvalue weighted by molar-refractivity contribution is 0.0723. The predicted octanol–water partition coefficient (Wildman–Crippen LogP) is 0.279. The van der Waals surface area contributed by atoms with Crippen LogP contribution in [0.25, 0.3) is 0 Å². The van der Waals surface area contributed by atoms with E-state index in [1.807, 2.05) is 18.2 Å². The van der Waals surface area contributed by atoms with Crippen molar-refractivity contribution >= 4 is 5.82 Å². The molecule has 76 valence electrons. The lowest BCUT2D eigenvalue weighted by atomic mass is 10.2. The summed E-state index contributed by atoms with van der Waals surface area (Å²) in [6.45, 7) is 2.18. The molecule has 2 heterocycles. The van der Waals surface area contributed by atoms with E-state index in [1.165, 1.54) is 0 Å². The fraction of sp³-hybridized carbons (Fsp3) is 0.500. The van der Waals surface area contributed by atoms with E-state index in [2.05, 4.69) is 9.88 Å². The molecule has 4 nitrogen and oxygen atoms in total. The number of rotatable bonds is 2. The maximum Gasteiger partial charge on any atom is 0.128 e. The molecule has 14 heavy (non-hydrogen) atoms. The molecular weight excluding hydrogens is 180 g/mol. The molecule has 1 saturated heterocycles. The van der Waals surface area contributed by atoms with Crippen molar-refractivity contribution < 1.29 is 9.84 Å². The molecule has 1 aliphatic heterocycles. The van der Waals surface area contributed by atoms with Crippen LogP contribution in [-0.2, 0) is 4.74 Å². The van der Waals surface area contributed by atoms with Gasteiger partial charge in [-0.2, -0.15) is 0 Å². The van der Waals surface area contributed by atoms with E-state index in [-0.39, 0.29) is 12.6 Å². The number of pyridine rings is 1. The molecular formula is C10H14N2O2. The lowest BCUT2D eigenvalue weighted by Crippen LogP contribution is -2.48. The minimum Gasteiger partial charge on any atom is -0.394 e. The van der Waals surface area contributed by atoms with Gasteiger partial charge < -0.3 is 14.7 Å². The van der Waals surface area contributed by atoms with E-state index in [1.54, 1.807) is 6.20 Å². The summed E-state index contributed by atoms with van der Waals surface area (Å²) in [5, 5.41) is 9.17. The van der Waals surface area contributed by atoms with Gasteiger partial charge in [-0.15, -0.1) is 0 Å². The smallest absolute Gasteiger partial charge is 0.128 e. The molecule has 1 aliphatic rings. The van der Waals surface area contributed by atoms with Crippen LogP contribution in [0.5, 0.6) is 0 Å². The highest BCUT2D eigenvalue weighted by atomic mass is 16.5. The fourth-order valence-electron chi connectivity index (χ4n) is 1.63. The van der Waals surface area contributed by atoms with E-state index in [9.17, 15) is 5.11 Å². The zero-order valence-corrected chi connectivity index (χ0v) is 7.97. The van der Waals surface area contributed by atoms with E-state index >= 15 is 0 Å². The Morgan fingerprint density at radius 1 is 1.57 bits per heavy atom. The quantitative estimate of drug-likeness (QED) is 0.734. The first-order valence-electron chi connectivity index (χ1n) is 4.78. The highest BCUT2D eigenvalue weighted by molar-refractivity contribution is 5.39. The first kappa shape index (κ1) is 9.43. The summed E-state index contributed by atoms with van der Waals surface area (Å²) < 4.78 is 5.30. The SMILES string of the molecule is OCC1COCCN1c1ccccn1. The van der Waals surface area contributed by atoms with Gasteiger partial charge in [0.25, 0.3) is 0 Å². The topological polar surface area (TPSA) is 45.6 Å². The summed E-state index contributed by atoms with van der Waals surface area (Å²) in [6.07, 6.45) is 1.76. The van der Waals surface area contributed by atoms with Crippen molar-refractivity contribution in [1.82, 2.24) is 4.98 Å². The Labute approximate surface area is 83.1 Å². The van der Waals surface area contributed by atoms with Gasteiger partial charge in [-0.1, -0.05) is 6.07 Å². The molecule has 0 aliphatic carbocycles. The van der Waals surface area contributed by atoms with Crippen LogP contribution in [0.15, 0.2) is 24.4 Å². The van der Waals surface area contributed by atoms with Gasteiger partial charge in [0, 0.05) is 12.7 Å². The Kier molecular flexibility index (Phi) is 2.96. The molecule has 1 aromatic rings. The number of nitrogens with zero attached hydrogens (tertiary/aromatic N) is 2. The Morgan fingerprint density at radius 2 is 2.50 bits per heavy atom. The van der Waals surface area contributed by atoms with Crippen LogP contribution >= 0.6 is 0 Å². The monoisotopic (exact) mass is 194 g/mol. The number of hydrogen-bond donors (Lipinski definition) is 1. The van der Waals surface area contributed by atoms with Crippen molar-refractivity contribution in [2.45, 2.75) is 6.04 Å². The first-order chi connectivity index (χ1) is 6.92. The van der Waals surface area contributed by atoms with Crippen LogP contribution in [0.4, 0.5) is 5.82 Å². The third-order valence-corrected chi connectivity index (χ3v) is 2.38. The molecule has 0 radical (unpaired) electrons. The van der Waals surface area contributed by atoms with E-state index in [0.29, 0.717) is 13.2 Å². The maximum atomic E-state index is 9.17. The van der Waals surface area contributed by atoms with Crippen LogP contribution in [0.1, 0.15) is 0 Å². The van der Waals surface area contributed by atoms with Crippen molar-refractivity contribution in [2.75, 3.05) is 31.3 Å². The molecule has 4 heteroatoms. The summed E-state index contributed by atoms with van der Waals surface area (Å²) in [4.78, 5) is 6.35. The largest absolute Gasteiger partial charge is 0.394 e. The normalized spacial score (nSPS) is 22.4. The number of aromatic nitrogens is 1. The third kappa shape index (κ3) is 1.86. The van der Waals surface area contributed by atoms with Crippen LogP contribution in [-0.4, -0.2) is 42.5 Å². The van der Waals surface area contributed by atoms with Crippen molar-refractivity contribution in [3.8, 4) is 0 Å². The number of ether oxygens (including phenoxy) is 1. The molecule has 1 N–H and O–H groups in total. The van der Waals surface area contributed by atoms with Gasteiger partial charge in [0.2, 0.25) is 0 Å². The van der Waals surface area contributed by atoms with Crippen molar-refractivity contribution in [1.29, 1.82) is 0 Å². The first-order valence-corrected chi connectivity index (χ1v) is 4.78. The maximum absolute atomic E-state index is 9.17. The number of aliphatic hydroxyl groups is 1. The van der Waals surface area contributed by atoms with Gasteiger partial charge in [-0.05, 0) is 12.1 Å². The van der Waals surface area contributed by atoms with Gasteiger partial charge in [-0.3, -0.25) is 0 Å². The number of aliphatic hydroxyl groups excluding tert-OH is 1. The summed E-state index contributed by atoms with van der Waals surface area (Å²) in [5.41, 5.74) is 0. The third-order valence-electron chi connectivity index (χ3n) is 2.38. The molecule has 2 rings (SSSR count). The Morgan fingerprint density at radius 3 is 3.21 bits per heavy atom. The number of anilines is 1. The average molecular weight is 194 g/mol. The standard InChI is InChI=1S/C10H14N2O2/c13-7-9-8-14-6-5-12(9)10-3-1-2-4-11-10/h1-4,9,13H,5-8H2. The molecule has 1 unspecified atom stereocenters. The number of hydrogen-bond acceptors (Lipinski definition) is 4. The van der Waals surface area contributed by atoms with Gasteiger partial charge in [0.1, 0.15) is 5.82 Å². The Balaban J connectivity index is 2.15. The molecule has 0 saturated carbocycles. The molecule has 0 aromatic carbocycles. The van der Waals surface area contributed by atoms with E-state index in [0.717, 1.165) is 12.4 Å². The van der Waals surface area contributed by atoms with Gasteiger partial charge in [-0.25, -0.2) is 4.98 Å². The van der Waals surface area contributed by atoms with Crippen molar-refractivity contribution in [2.24, 2.45) is 0 Å². The molecule has 0 bridgehead atoms. The highest BCUT2D eigenvalue weighted by Crippen LogP contribution is 2.15. The summed E-state index contributed by atoms with van der Waals surface area (Å²) in [7, 11) is 0. The summed E-state index contributed by atoms with van der Waals surface area (Å²) in [5.74, 6) is 0.912. The summed E-state index contributed by atoms with van der Waals surface area (Å²) >= 11 is 0. The molecule has 0 amide bonds. The van der Waals surface area contributed by atoms with Crippen molar-refractivity contribution in [3.63, 3.8) is 0 Å². The summed E-state index contributed by atoms with van der Waals surface area (Å²) in [6, 6.07) is 5.83. The van der Waals surface area contributed by atoms with E-state index < -0.39 is 0 Å². The minimum atomic E-state index is 0.0404. The predicted molar refractivity (Wildman–Crippen MR) is 53.3 cm³/mol. The average Bonchev–Trinajstić information content (AvgIpc) is 2.30. The molecule has 1 aromatic heterocycles. The van der Waals surface area contributed by atoms with Crippen LogP contribution in [0.3, 0.4) is 0 Å². The second kappa shape index (κ2) is 4.39. The second-order valence-electron chi connectivity index (χ2n) is 3.29. The van der Waals surface area contributed by atoms with Gasteiger partial charge in [0.15, 0.2) is 0 Å². The minimum absolute atomic E-state index is 0.0404. The second-order valence-corrected chi connectivity index (χ2v) is 3.29. The fourth-order valence-corrected chi connectivity index (χ4v) is 1.63. The number of morpholine rings is 1. The zero-order chi connectivity index (χ0) is 9.80. The Bertz CT molecular complexity index is 279. The van der Waals surface area contributed by atoms with E-state index in [4.69, 9.17) is 4.74 Å². The van der Waals surface area contributed by atoms with Crippen molar-refractivity contribution in [3.05, 3.63) is 24.4 Å². The molecule has 1 atom stereocenters. The lowest BCUT2D eigenvalue weighted by Gasteiger charge is -2.35. The molecule has 1 fully saturated rings. The van der Waals surface area contributed by atoms with Crippen LogP contribution in [0.2, 0.25) is 0 Å². The zero-order valence-electron chi connectivity index (χ0n) is 7.97. The van der Waals surface area contributed by atoms with Gasteiger partial charge in [0.05, 0.1) is 25.9 Å². The molecule has 0 spiro atoms. The van der Waals surface area contributed by atoms with Crippen LogP contribution < -0.4 is 4.90 Å². The highest BCUT2D eigenvalue weighted by Gasteiger charge is 2.22. The van der Waals surface area contributed by atoms with Gasteiger partial charge >= 0.3 is 0 Å².